The molecule has 1 amide bonds. The summed E-state index contributed by atoms with van der Waals surface area (Å²) < 4.78 is 5.39. The normalized spacial score (nSPS) is 12.5. The molecule has 0 spiro atoms. The molecule has 1 aromatic heterocycles. The molecule has 37 heavy (non-hydrogen) atoms. The average molecular weight is 502 g/mol. The number of morpholine rings is 1. The number of carbonyl (C=O) groups excluding carboxylic acids is 2. The van der Waals surface area contributed by atoms with Gasteiger partial charge in [0.2, 0.25) is 0 Å². The molecule has 2 aromatic carbocycles. The standard InChI is InChI=1S/C19H24N2O2.C8H7N.C4H8O/c1-3-7-16-14(4-2)18(15-8-5-6-9-17(15)20-16)19(22)21-10-12-23-13-11-21;1-7-3-2-4-8(5-7)6-9;1-3-4(2)5/h5-6,8-9H,3-4,7,10-13H2,1-2H3;2-5H,1H3;3H2,1-2H3. The third kappa shape index (κ3) is 8.80. The van der Waals surface area contributed by atoms with E-state index in [1.54, 1.807) is 13.0 Å². The van der Waals surface area contributed by atoms with Crippen LogP contribution in [-0.2, 0) is 22.4 Å². The minimum Gasteiger partial charge on any atom is -0.378 e. The fourth-order valence-corrected chi connectivity index (χ4v) is 4.01. The minimum absolute atomic E-state index is 0.126. The number of rotatable bonds is 5. The maximum Gasteiger partial charge on any atom is 0.255 e. The first-order valence-electron chi connectivity index (χ1n) is 13.1. The Labute approximate surface area is 221 Å². The van der Waals surface area contributed by atoms with E-state index in [1.165, 1.54) is 0 Å². The zero-order valence-electron chi connectivity index (χ0n) is 22.8. The predicted octanol–water partition coefficient (Wildman–Crippen LogP) is 6.07. The number of para-hydroxylation sites is 1. The summed E-state index contributed by atoms with van der Waals surface area (Å²) in [5, 5.41) is 9.38. The molecule has 0 N–H and O–H groups in total. The van der Waals surface area contributed by atoms with E-state index >= 15 is 0 Å². The zero-order valence-corrected chi connectivity index (χ0v) is 22.8. The van der Waals surface area contributed by atoms with E-state index < -0.39 is 0 Å². The van der Waals surface area contributed by atoms with Crippen LogP contribution >= 0.6 is 0 Å². The summed E-state index contributed by atoms with van der Waals surface area (Å²) in [5.41, 5.74) is 5.82. The van der Waals surface area contributed by atoms with Gasteiger partial charge in [-0.05, 0) is 56.0 Å². The molecule has 1 aliphatic heterocycles. The Morgan fingerprint density at radius 1 is 1.05 bits per heavy atom. The van der Waals surface area contributed by atoms with E-state index in [9.17, 15) is 9.59 Å². The molecule has 6 nitrogen and oxygen atoms in total. The minimum atomic E-state index is 0.126. The summed E-state index contributed by atoms with van der Waals surface area (Å²) in [6, 6.07) is 17.6. The number of ether oxygens (including phenoxy) is 1. The van der Waals surface area contributed by atoms with Gasteiger partial charge in [-0.1, -0.05) is 57.5 Å². The van der Waals surface area contributed by atoms with Crippen LogP contribution in [0.4, 0.5) is 0 Å². The lowest BCUT2D eigenvalue weighted by molar-refractivity contribution is -0.116. The molecule has 0 radical (unpaired) electrons. The van der Waals surface area contributed by atoms with E-state index in [0.29, 0.717) is 32.7 Å². The largest absolute Gasteiger partial charge is 0.378 e. The lowest BCUT2D eigenvalue weighted by Crippen LogP contribution is -2.41. The first kappa shape index (κ1) is 29.7. The van der Waals surface area contributed by atoms with Crippen molar-refractivity contribution in [1.82, 2.24) is 9.88 Å². The molecule has 0 bridgehead atoms. The van der Waals surface area contributed by atoms with Crippen LogP contribution in [0.15, 0.2) is 48.5 Å². The number of Topliss-reactive ketones (excluding diaryl/α,β-unsaturated/α-hetero) is 1. The summed E-state index contributed by atoms with van der Waals surface area (Å²) in [5.74, 6) is 0.381. The highest BCUT2D eigenvalue weighted by Gasteiger charge is 2.25. The molecular weight excluding hydrogens is 462 g/mol. The molecule has 0 saturated carbocycles. The lowest BCUT2D eigenvalue weighted by atomic mass is 9.95. The quantitative estimate of drug-likeness (QED) is 0.423. The predicted molar refractivity (Wildman–Crippen MR) is 149 cm³/mol. The molecule has 6 heteroatoms. The number of amides is 1. The number of fused-ring (bicyclic) bond motifs is 1. The maximum absolute atomic E-state index is 13.2. The number of aryl methyl sites for hydroxylation is 2. The molecular formula is C31H39N3O3. The van der Waals surface area contributed by atoms with Crippen LogP contribution in [0.2, 0.25) is 0 Å². The van der Waals surface area contributed by atoms with E-state index in [1.807, 2.05) is 61.2 Å². The van der Waals surface area contributed by atoms with Gasteiger partial charge in [0.25, 0.3) is 5.91 Å². The Bertz CT molecular complexity index is 1220. The number of aromatic nitrogens is 1. The molecule has 1 aliphatic rings. The lowest BCUT2D eigenvalue weighted by Gasteiger charge is -2.28. The Balaban J connectivity index is 0.000000283. The Morgan fingerprint density at radius 3 is 2.27 bits per heavy atom. The Kier molecular flexibility index (Phi) is 12.5. The highest BCUT2D eigenvalue weighted by molar-refractivity contribution is 6.07. The number of benzene rings is 2. The second-order valence-electron chi connectivity index (χ2n) is 8.97. The zero-order chi connectivity index (χ0) is 27.2. The Hall–Kier alpha value is -3.56. The van der Waals surface area contributed by atoms with Crippen LogP contribution in [0.1, 0.15) is 73.3 Å². The first-order chi connectivity index (χ1) is 17.9. The number of hydrogen-bond donors (Lipinski definition) is 0. The fraction of sp³-hybridized carbons (Fsp3) is 0.419. The van der Waals surface area contributed by atoms with Gasteiger partial charge in [0.1, 0.15) is 5.78 Å². The number of carbonyl (C=O) groups is 2. The van der Waals surface area contributed by atoms with Crippen LogP contribution in [0.25, 0.3) is 10.9 Å². The topological polar surface area (TPSA) is 83.3 Å². The number of hydrogen-bond acceptors (Lipinski definition) is 5. The summed E-state index contributed by atoms with van der Waals surface area (Å²) in [6.07, 6.45) is 3.44. The monoisotopic (exact) mass is 501 g/mol. The van der Waals surface area contributed by atoms with Crippen molar-refractivity contribution in [3.8, 4) is 6.07 Å². The van der Waals surface area contributed by atoms with E-state index in [0.717, 1.165) is 58.1 Å². The molecule has 4 rings (SSSR count). The SMILES string of the molecule is CCC(C)=O.CCCc1nc2ccccc2c(C(=O)N2CCOCC2)c1CC.Cc1cccc(C#N)c1. The van der Waals surface area contributed by atoms with E-state index in [4.69, 9.17) is 15.0 Å². The van der Waals surface area contributed by atoms with Crippen molar-refractivity contribution < 1.29 is 14.3 Å². The Morgan fingerprint density at radius 2 is 1.73 bits per heavy atom. The second-order valence-corrected chi connectivity index (χ2v) is 8.97. The van der Waals surface area contributed by atoms with Crippen LogP contribution in [-0.4, -0.2) is 47.9 Å². The van der Waals surface area contributed by atoms with Crippen LogP contribution in [0.5, 0.6) is 0 Å². The van der Waals surface area contributed by atoms with Gasteiger partial charge in [0.05, 0.1) is 35.9 Å². The van der Waals surface area contributed by atoms with Gasteiger partial charge >= 0.3 is 0 Å². The smallest absolute Gasteiger partial charge is 0.255 e. The number of ketones is 1. The van der Waals surface area contributed by atoms with Crippen molar-refractivity contribution in [2.75, 3.05) is 26.3 Å². The highest BCUT2D eigenvalue weighted by Crippen LogP contribution is 2.27. The van der Waals surface area contributed by atoms with E-state index in [2.05, 4.69) is 19.9 Å². The number of nitrogens with zero attached hydrogens (tertiary/aromatic N) is 3. The van der Waals surface area contributed by atoms with Gasteiger partial charge in [-0.15, -0.1) is 0 Å². The fourth-order valence-electron chi connectivity index (χ4n) is 4.01. The van der Waals surface area contributed by atoms with Crippen molar-refractivity contribution in [2.45, 2.75) is 60.3 Å². The van der Waals surface area contributed by atoms with Gasteiger partial charge in [-0.25, -0.2) is 0 Å². The van der Waals surface area contributed by atoms with Crippen molar-refractivity contribution in [1.29, 1.82) is 5.26 Å². The van der Waals surface area contributed by atoms with Gasteiger partial charge in [-0.3, -0.25) is 9.78 Å². The molecule has 0 aliphatic carbocycles. The molecule has 1 fully saturated rings. The second kappa shape index (κ2) is 15.5. The third-order valence-corrected chi connectivity index (χ3v) is 6.08. The van der Waals surface area contributed by atoms with Gasteiger partial charge < -0.3 is 14.4 Å². The molecule has 196 valence electrons. The summed E-state index contributed by atoms with van der Waals surface area (Å²) >= 11 is 0. The average Bonchev–Trinajstić information content (AvgIpc) is 2.93. The summed E-state index contributed by atoms with van der Waals surface area (Å²) in [7, 11) is 0. The van der Waals surface area contributed by atoms with Gasteiger partial charge in [0.15, 0.2) is 0 Å². The highest BCUT2D eigenvalue weighted by atomic mass is 16.5. The van der Waals surface area contributed by atoms with Gasteiger partial charge in [-0.2, -0.15) is 5.26 Å². The van der Waals surface area contributed by atoms with Crippen molar-refractivity contribution in [3.05, 3.63) is 76.5 Å². The van der Waals surface area contributed by atoms with Crippen LogP contribution in [0, 0.1) is 18.3 Å². The molecule has 3 aromatic rings. The molecule has 1 saturated heterocycles. The van der Waals surface area contributed by atoms with E-state index in [-0.39, 0.29) is 11.7 Å². The van der Waals surface area contributed by atoms with Crippen molar-refractivity contribution in [2.24, 2.45) is 0 Å². The maximum atomic E-state index is 13.2. The summed E-state index contributed by atoms with van der Waals surface area (Å²) in [6.45, 7) is 12.3. The number of pyridine rings is 1. The van der Waals surface area contributed by atoms with Crippen LogP contribution in [0.3, 0.4) is 0 Å². The number of nitriles is 1. The molecule has 2 heterocycles. The van der Waals surface area contributed by atoms with Crippen molar-refractivity contribution in [3.63, 3.8) is 0 Å². The summed E-state index contributed by atoms with van der Waals surface area (Å²) in [4.78, 5) is 29.8. The van der Waals surface area contributed by atoms with Gasteiger partial charge in [0, 0.05) is 30.6 Å². The molecule has 0 unspecified atom stereocenters. The third-order valence-electron chi connectivity index (χ3n) is 6.08. The molecule has 0 atom stereocenters. The van der Waals surface area contributed by atoms with Crippen LogP contribution < -0.4 is 0 Å². The first-order valence-corrected chi connectivity index (χ1v) is 13.1. The van der Waals surface area contributed by atoms with Crippen molar-refractivity contribution >= 4 is 22.6 Å².